The molecule has 0 aliphatic carbocycles. The molecule has 0 aromatic rings. The molecule has 0 aliphatic heterocycles. The molecule has 0 aliphatic rings. The summed E-state index contributed by atoms with van der Waals surface area (Å²) in [5.41, 5.74) is -3.82. The summed E-state index contributed by atoms with van der Waals surface area (Å²) in [6.07, 6.45) is 3.44. The van der Waals surface area contributed by atoms with Crippen LogP contribution in [0, 0.1) is 5.41 Å². The average molecular weight is 274 g/mol. The smallest absolute Gasteiger partial charge is 0.336 e. The van der Waals surface area contributed by atoms with Gasteiger partial charge in [0.1, 0.15) is 5.41 Å². The highest BCUT2D eigenvalue weighted by Gasteiger charge is 2.58. The SMILES string of the molecule is CCCCCCC(O)(C(=O)O)C(CC)(CC)C(=O)O. The van der Waals surface area contributed by atoms with Crippen molar-refractivity contribution >= 4 is 11.9 Å². The normalized spacial score (nSPS) is 14.9. The van der Waals surface area contributed by atoms with E-state index >= 15 is 0 Å². The van der Waals surface area contributed by atoms with Crippen LogP contribution < -0.4 is 0 Å². The lowest BCUT2D eigenvalue weighted by Gasteiger charge is -2.40. The highest BCUT2D eigenvalue weighted by molar-refractivity contribution is 5.88. The molecule has 0 fully saturated rings. The van der Waals surface area contributed by atoms with Crippen molar-refractivity contribution in [3.8, 4) is 0 Å². The number of hydrogen-bond acceptors (Lipinski definition) is 3. The Balaban J connectivity index is 5.23. The predicted octanol–water partition coefficient (Wildman–Crippen LogP) is 2.66. The summed E-state index contributed by atoms with van der Waals surface area (Å²) in [6.45, 7) is 5.25. The monoisotopic (exact) mass is 274 g/mol. The number of unbranched alkanes of at least 4 members (excludes halogenated alkanes) is 3. The van der Waals surface area contributed by atoms with E-state index in [4.69, 9.17) is 0 Å². The van der Waals surface area contributed by atoms with Gasteiger partial charge in [-0.15, -0.1) is 0 Å². The molecule has 112 valence electrons. The second-order valence-corrected chi connectivity index (χ2v) is 5.07. The Morgan fingerprint density at radius 1 is 0.895 bits per heavy atom. The molecular weight excluding hydrogens is 248 g/mol. The van der Waals surface area contributed by atoms with Gasteiger partial charge in [0.15, 0.2) is 5.60 Å². The highest BCUT2D eigenvalue weighted by Crippen LogP contribution is 2.42. The fourth-order valence-electron chi connectivity index (χ4n) is 2.67. The average Bonchev–Trinajstić information content (AvgIpc) is 2.36. The van der Waals surface area contributed by atoms with Gasteiger partial charge in [-0.05, 0) is 25.7 Å². The van der Waals surface area contributed by atoms with Crippen molar-refractivity contribution in [2.45, 2.75) is 71.3 Å². The zero-order chi connectivity index (χ0) is 15.1. The molecule has 0 bridgehead atoms. The van der Waals surface area contributed by atoms with E-state index in [2.05, 4.69) is 0 Å². The van der Waals surface area contributed by atoms with Gasteiger partial charge < -0.3 is 15.3 Å². The van der Waals surface area contributed by atoms with E-state index in [0.717, 1.165) is 19.3 Å². The Kier molecular flexibility index (Phi) is 7.05. The number of carbonyl (C=O) groups is 2. The lowest BCUT2D eigenvalue weighted by Crippen LogP contribution is -2.57. The topological polar surface area (TPSA) is 94.8 Å². The Hall–Kier alpha value is -1.10. The molecule has 5 nitrogen and oxygen atoms in total. The Labute approximate surface area is 114 Å². The van der Waals surface area contributed by atoms with Crippen molar-refractivity contribution in [2.75, 3.05) is 0 Å². The van der Waals surface area contributed by atoms with Crippen LogP contribution in [0.2, 0.25) is 0 Å². The minimum atomic E-state index is -2.20. The largest absolute Gasteiger partial charge is 0.481 e. The second-order valence-electron chi connectivity index (χ2n) is 5.07. The summed E-state index contributed by atoms with van der Waals surface area (Å²) < 4.78 is 0. The number of aliphatic hydroxyl groups is 1. The fourth-order valence-corrected chi connectivity index (χ4v) is 2.67. The van der Waals surface area contributed by atoms with E-state index < -0.39 is 23.0 Å². The van der Waals surface area contributed by atoms with Crippen LogP contribution in [-0.2, 0) is 9.59 Å². The molecule has 0 spiro atoms. The third kappa shape index (κ3) is 3.47. The first kappa shape index (κ1) is 17.9. The first-order chi connectivity index (χ1) is 8.82. The number of rotatable bonds is 10. The van der Waals surface area contributed by atoms with Crippen molar-refractivity contribution in [1.82, 2.24) is 0 Å². The molecule has 0 heterocycles. The van der Waals surface area contributed by atoms with Gasteiger partial charge in [0, 0.05) is 0 Å². The minimum absolute atomic E-state index is 0.0175. The van der Waals surface area contributed by atoms with Crippen LogP contribution in [0.1, 0.15) is 65.7 Å². The van der Waals surface area contributed by atoms with Gasteiger partial charge in [-0.25, -0.2) is 4.79 Å². The molecule has 0 saturated heterocycles. The summed E-state index contributed by atoms with van der Waals surface area (Å²) in [6, 6.07) is 0. The lowest BCUT2D eigenvalue weighted by atomic mass is 9.65. The minimum Gasteiger partial charge on any atom is -0.481 e. The van der Waals surface area contributed by atoms with E-state index in [1.807, 2.05) is 6.92 Å². The molecule has 1 unspecified atom stereocenters. The molecule has 0 radical (unpaired) electrons. The van der Waals surface area contributed by atoms with Crippen molar-refractivity contribution in [1.29, 1.82) is 0 Å². The Morgan fingerprint density at radius 3 is 1.74 bits per heavy atom. The molecule has 3 N–H and O–H groups in total. The van der Waals surface area contributed by atoms with Crippen molar-refractivity contribution in [2.24, 2.45) is 5.41 Å². The predicted molar refractivity (Wildman–Crippen MR) is 72.0 cm³/mol. The molecule has 0 amide bonds. The molecule has 1 atom stereocenters. The standard InChI is InChI=1S/C14H26O5/c1-4-7-8-9-10-14(19,12(17)18)13(5-2,6-3)11(15)16/h19H,4-10H2,1-3H3,(H,15,16)(H,17,18). The van der Waals surface area contributed by atoms with E-state index in [9.17, 15) is 24.9 Å². The molecule has 0 aromatic heterocycles. The van der Waals surface area contributed by atoms with Crippen LogP contribution in [0.5, 0.6) is 0 Å². The van der Waals surface area contributed by atoms with Crippen molar-refractivity contribution < 1.29 is 24.9 Å². The number of aliphatic carboxylic acids is 2. The summed E-state index contributed by atoms with van der Waals surface area (Å²) in [5.74, 6) is -2.67. The van der Waals surface area contributed by atoms with Gasteiger partial charge in [0.25, 0.3) is 0 Å². The Bertz CT molecular complexity index is 309. The third-order valence-electron chi connectivity index (χ3n) is 4.15. The van der Waals surface area contributed by atoms with Crippen LogP contribution in [0.4, 0.5) is 0 Å². The van der Waals surface area contributed by atoms with Gasteiger partial charge in [0.2, 0.25) is 0 Å². The number of hydrogen-bond donors (Lipinski definition) is 3. The fraction of sp³-hybridized carbons (Fsp3) is 0.857. The second kappa shape index (κ2) is 7.48. The van der Waals surface area contributed by atoms with Crippen molar-refractivity contribution in [3.05, 3.63) is 0 Å². The lowest BCUT2D eigenvalue weighted by molar-refractivity contribution is -0.192. The third-order valence-corrected chi connectivity index (χ3v) is 4.15. The van der Waals surface area contributed by atoms with E-state index in [1.54, 1.807) is 13.8 Å². The van der Waals surface area contributed by atoms with Gasteiger partial charge >= 0.3 is 11.9 Å². The van der Waals surface area contributed by atoms with Gasteiger partial charge in [-0.2, -0.15) is 0 Å². The number of carboxylic acids is 2. The van der Waals surface area contributed by atoms with Crippen LogP contribution in [0.3, 0.4) is 0 Å². The summed E-state index contributed by atoms with van der Waals surface area (Å²) in [7, 11) is 0. The van der Waals surface area contributed by atoms with E-state index in [-0.39, 0.29) is 19.3 Å². The first-order valence-electron chi connectivity index (χ1n) is 7.01. The molecule has 5 heteroatoms. The zero-order valence-electron chi connectivity index (χ0n) is 12.1. The Morgan fingerprint density at radius 2 is 1.42 bits per heavy atom. The van der Waals surface area contributed by atoms with Gasteiger partial charge in [-0.3, -0.25) is 4.79 Å². The summed E-state index contributed by atoms with van der Waals surface area (Å²) in [4.78, 5) is 22.9. The molecule has 19 heavy (non-hydrogen) atoms. The van der Waals surface area contributed by atoms with Crippen LogP contribution >= 0.6 is 0 Å². The molecule has 0 saturated carbocycles. The molecule has 0 rings (SSSR count). The van der Waals surface area contributed by atoms with E-state index in [0.29, 0.717) is 6.42 Å². The highest BCUT2D eigenvalue weighted by atomic mass is 16.4. The zero-order valence-corrected chi connectivity index (χ0v) is 12.1. The van der Waals surface area contributed by atoms with Crippen LogP contribution in [0.25, 0.3) is 0 Å². The maximum absolute atomic E-state index is 11.5. The molecule has 0 aromatic carbocycles. The number of carboxylic acid groups (broad SMARTS) is 2. The van der Waals surface area contributed by atoms with Crippen LogP contribution in [-0.4, -0.2) is 32.9 Å². The van der Waals surface area contributed by atoms with Gasteiger partial charge in [0.05, 0.1) is 0 Å². The maximum Gasteiger partial charge on any atom is 0.336 e. The summed E-state index contributed by atoms with van der Waals surface area (Å²) in [5, 5.41) is 29.2. The summed E-state index contributed by atoms with van der Waals surface area (Å²) >= 11 is 0. The van der Waals surface area contributed by atoms with Gasteiger partial charge in [-0.1, -0.05) is 40.0 Å². The molecular formula is C14H26O5. The van der Waals surface area contributed by atoms with E-state index in [1.165, 1.54) is 0 Å². The van der Waals surface area contributed by atoms with Crippen LogP contribution in [0.15, 0.2) is 0 Å². The van der Waals surface area contributed by atoms with Crippen molar-refractivity contribution in [3.63, 3.8) is 0 Å². The first-order valence-corrected chi connectivity index (χ1v) is 7.01. The maximum atomic E-state index is 11.5. The quantitative estimate of drug-likeness (QED) is 0.532.